The van der Waals surface area contributed by atoms with E-state index in [2.05, 4.69) is 10.1 Å². The fraction of sp³-hybridized carbons (Fsp3) is 0.533. The van der Waals surface area contributed by atoms with E-state index >= 15 is 0 Å². The second kappa shape index (κ2) is 8.31. The summed E-state index contributed by atoms with van der Waals surface area (Å²) >= 11 is 0. The minimum absolute atomic E-state index is 0. The molecule has 0 aromatic heterocycles. The fourth-order valence-electron chi connectivity index (χ4n) is 2.62. The molecule has 1 aromatic rings. The van der Waals surface area contributed by atoms with Gasteiger partial charge in [0.1, 0.15) is 11.5 Å². The van der Waals surface area contributed by atoms with Crippen molar-refractivity contribution in [2.45, 2.75) is 44.4 Å². The van der Waals surface area contributed by atoms with Crippen LogP contribution in [0, 0.1) is 0 Å². The van der Waals surface area contributed by atoms with E-state index in [4.69, 9.17) is 10.5 Å². The van der Waals surface area contributed by atoms with Crippen molar-refractivity contribution >= 4 is 18.3 Å². The topological polar surface area (TPSA) is 73.6 Å². The summed E-state index contributed by atoms with van der Waals surface area (Å²) in [7, 11) is 1.47. The molecule has 0 radical (unpaired) electrons. The molecule has 3 N–H and O–H groups in total. The molecule has 1 aliphatic carbocycles. The van der Waals surface area contributed by atoms with Crippen LogP contribution in [0.1, 0.15) is 31.2 Å². The average molecular weight is 351 g/mol. The number of hydrogen-bond donors (Lipinski definition) is 2. The normalized spacial score (nSPS) is 15.9. The van der Waals surface area contributed by atoms with Crippen molar-refractivity contribution in [1.82, 2.24) is 5.32 Å². The van der Waals surface area contributed by atoms with E-state index in [0.29, 0.717) is 24.2 Å². The minimum atomic E-state index is -2.93. The maximum absolute atomic E-state index is 12.4. The Labute approximate surface area is 139 Å². The number of rotatable bonds is 6. The number of ether oxygens (including phenoxy) is 2. The number of carbonyl (C=O) groups is 1. The number of alkyl halides is 2. The molecule has 2 rings (SSSR count). The van der Waals surface area contributed by atoms with Crippen molar-refractivity contribution in [3.63, 3.8) is 0 Å². The molecule has 8 heteroatoms. The van der Waals surface area contributed by atoms with E-state index in [9.17, 15) is 13.6 Å². The molecule has 1 saturated carbocycles. The average Bonchev–Trinajstić information content (AvgIpc) is 2.93. The molecule has 0 heterocycles. The van der Waals surface area contributed by atoms with E-state index in [-0.39, 0.29) is 30.6 Å². The van der Waals surface area contributed by atoms with Crippen molar-refractivity contribution in [3.05, 3.63) is 23.8 Å². The molecule has 130 valence electrons. The van der Waals surface area contributed by atoms with Crippen molar-refractivity contribution in [3.8, 4) is 11.5 Å². The van der Waals surface area contributed by atoms with E-state index in [1.54, 1.807) is 6.07 Å². The summed E-state index contributed by atoms with van der Waals surface area (Å²) in [5.41, 5.74) is 5.61. The highest BCUT2D eigenvalue weighted by molar-refractivity contribution is 5.86. The second-order valence-electron chi connectivity index (χ2n) is 5.40. The smallest absolute Gasteiger partial charge is 0.387 e. The summed E-state index contributed by atoms with van der Waals surface area (Å²) in [6.45, 7) is -2.88. The Morgan fingerprint density at radius 3 is 2.61 bits per heavy atom. The van der Waals surface area contributed by atoms with Gasteiger partial charge in [0.2, 0.25) is 5.91 Å². The molecule has 23 heavy (non-hydrogen) atoms. The minimum Gasteiger partial charge on any atom is -0.497 e. The van der Waals surface area contributed by atoms with Crippen molar-refractivity contribution < 1.29 is 23.0 Å². The summed E-state index contributed by atoms with van der Waals surface area (Å²) in [6, 6.07) is 4.46. The largest absolute Gasteiger partial charge is 0.497 e. The third-order valence-corrected chi connectivity index (χ3v) is 3.87. The molecule has 0 bridgehead atoms. The fourth-order valence-corrected chi connectivity index (χ4v) is 2.62. The van der Waals surface area contributed by atoms with Gasteiger partial charge < -0.3 is 20.5 Å². The summed E-state index contributed by atoms with van der Waals surface area (Å²) in [4.78, 5) is 12.2. The Morgan fingerprint density at radius 2 is 2.04 bits per heavy atom. The predicted octanol–water partition coefficient (Wildman–Crippen LogP) is 2.61. The van der Waals surface area contributed by atoms with Crippen LogP contribution in [0.25, 0.3) is 0 Å². The lowest BCUT2D eigenvalue weighted by atomic mass is 9.98. The highest BCUT2D eigenvalue weighted by Crippen LogP contribution is 2.28. The van der Waals surface area contributed by atoms with E-state index in [0.717, 1.165) is 12.8 Å². The van der Waals surface area contributed by atoms with Crippen LogP contribution in [-0.2, 0) is 11.3 Å². The van der Waals surface area contributed by atoms with Gasteiger partial charge in [-0.25, -0.2) is 0 Å². The lowest BCUT2D eigenvalue weighted by Gasteiger charge is -2.22. The Hall–Kier alpha value is -1.60. The standard InChI is InChI=1S/C15H20F2N2O3.ClH/c1-21-11-4-5-12(22-14(16)17)10(8-11)9-19-13(20)15(18)6-2-3-7-15;/h4-5,8,14H,2-3,6-7,9,18H2,1H3,(H,19,20);1H. The van der Waals surface area contributed by atoms with Crippen LogP contribution in [0.3, 0.4) is 0 Å². The summed E-state index contributed by atoms with van der Waals surface area (Å²) in [5.74, 6) is 0.235. The molecule has 1 amide bonds. The maximum atomic E-state index is 12.4. The third-order valence-electron chi connectivity index (χ3n) is 3.87. The zero-order chi connectivity index (χ0) is 16.2. The Morgan fingerprint density at radius 1 is 1.39 bits per heavy atom. The lowest BCUT2D eigenvalue weighted by molar-refractivity contribution is -0.126. The number of nitrogens with two attached hydrogens (primary N) is 1. The third kappa shape index (κ3) is 4.94. The molecule has 0 atom stereocenters. The van der Waals surface area contributed by atoms with Crippen LogP contribution in [0.5, 0.6) is 11.5 Å². The molecule has 5 nitrogen and oxygen atoms in total. The van der Waals surface area contributed by atoms with Crippen LogP contribution in [0.15, 0.2) is 18.2 Å². The van der Waals surface area contributed by atoms with Gasteiger partial charge in [0.05, 0.1) is 12.6 Å². The van der Waals surface area contributed by atoms with Crippen molar-refractivity contribution in [2.75, 3.05) is 7.11 Å². The van der Waals surface area contributed by atoms with Gasteiger partial charge in [0.25, 0.3) is 0 Å². The lowest BCUT2D eigenvalue weighted by Crippen LogP contribution is -2.51. The Kier molecular flexibility index (Phi) is 7.02. The van der Waals surface area contributed by atoms with Gasteiger partial charge in [0, 0.05) is 12.1 Å². The molecule has 1 aliphatic rings. The molecule has 0 unspecified atom stereocenters. The Bertz CT molecular complexity index is 537. The summed E-state index contributed by atoms with van der Waals surface area (Å²) in [5, 5.41) is 2.70. The number of halogens is 3. The zero-order valence-corrected chi connectivity index (χ0v) is 13.6. The van der Waals surface area contributed by atoms with Gasteiger partial charge in [-0.3, -0.25) is 4.79 Å². The molecular weight excluding hydrogens is 330 g/mol. The molecule has 0 saturated heterocycles. The van der Waals surface area contributed by atoms with Crippen LogP contribution in [0.4, 0.5) is 8.78 Å². The maximum Gasteiger partial charge on any atom is 0.387 e. The van der Waals surface area contributed by atoms with E-state index < -0.39 is 12.2 Å². The second-order valence-corrected chi connectivity index (χ2v) is 5.40. The highest BCUT2D eigenvalue weighted by Gasteiger charge is 2.36. The summed E-state index contributed by atoms with van der Waals surface area (Å²) in [6.07, 6.45) is 3.11. The molecular formula is C15H21ClF2N2O3. The van der Waals surface area contributed by atoms with Crippen LogP contribution in [-0.4, -0.2) is 25.2 Å². The first kappa shape index (κ1) is 19.4. The van der Waals surface area contributed by atoms with Gasteiger partial charge in [0.15, 0.2) is 0 Å². The molecule has 0 aliphatic heterocycles. The molecule has 1 fully saturated rings. The van der Waals surface area contributed by atoms with E-state index in [1.807, 2.05) is 0 Å². The number of benzene rings is 1. The Balaban J connectivity index is 0.00000264. The van der Waals surface area contributed by atoms with Gasteiger partial charge in [-0.05, 0) is 31.0 Å². The van der Waals surface area contributed by atoms with Crippen molar-refractivity contribution in [2.24, 2.45) is 5.73 Å². The van der Waals surface area contributed by atoms with E-state index in [1.165, 1.54) is 19.2 Å². The van der Waals surface area contributed by atoms with Gasteiger partial charge >= 0.3 is 6.61 Å². The van der Waals surface area contributed by atoms with Crippen LogP contribution < -0.4 is 20.5 Å². The first-order valence-electron chi connectivity index (χ1n) is 7.13. The number of methoxy groups -OCH3 is 1. The number of hydrogen-bond acceptors (Lipinski definition) is 4. The molecule has 1 aromatic carbocycles. The van der Waals surface area contributed by atoms with Gasteiger partial charge in [-0.15, -0.1) is 12.4 Å². The van der Waals surface area contributed by atoms with Crippen LogP contribution in [0.2, 0.25) is 0 Å². The highest BCUT2D eigenvalue weighted by atomic mass is 35.5. The number of nitrogens with one attached hydrogen (secondary N) is 1. The number of amides is 1. The monoisotopic (exact) mass is 350 g/mol. The van der Waals surface area contributed by atoms with Crippen LogP contribution >= 0.6 is 12.4 Å². The first-order valence-corrected chi connectivity index (χ1v) is 7.13. The van der Waals surface area contributed by atoms with Crippen molar-refractivity contribution in [1.29, 1.82) is 0 Å². The van der Waals surface area contributed by atoms with Gasteiger partial charge in [-0.2, -0.15) is 8.78 Å². The molecule has 0 spiro atoms. The summed E-state index contributed by atoms with van der Waals surface area (Å²) < 4.78 is 34.4. The predicted molar refractivity (Wildman–Crippen MR) is 84.1 cm³/mol. The zero-order valence-electron chi connectivity index (χ0n) is 12.8. The first-order chi connectivity index (χ1) is 10.4. The quantitative estimate of drug-likeness (QED) is 0.827. The number of carbonyl (C=O) groups excluding carboxylic acids is 1. The van der Waals surface area contributed by atoms with Gasteiger partial charge in [-0.1, -0.05) is 12.8 Å². The SMILES string of the molecule is COc1ccc(OC(F)F)c(CNC(=O)C2(N)CCCC2)c1.Cl.